The minimum atomic E-state index is -0.592. The highest BCUT2D eigenvalue weighted by atomic mass is 16.6. The molecule has 2 bridgehead atoms. The number of piperazine rings is 1. The molecule has 2 aliphatic heterocycles. The van der Waals surface area contributed by atoms with Gasteiger partial charge >= 0.3 is 6.09 Å². The molecule has 4 nitrogen and oxygen atoms in total. The molecule has 21 heavy (non-hydrogen) atoms. The van der Waals surface area contributed by atoms with Crippen LogP contribution in [0.25, 0.3) is 0 Å². The predicted octanol–water partition coefficient (Wildman–Crippen LogP) is 2.35. The van der Waals surface area contributed by atoms with Gasteiger partial charge in [-0.25, -0.2) is 4.79 Å². The maximum atomic E-state index is 12.5. The number of benzene rings is 1. The van der Waals surface area contributed by atoms with Gasteiger partial charge in [0.1, 0.15) is 5.60 Å². The van der Waals surface area contributed by atoms with Crippen LogP contribution >= 0.6 is 0 Å². The summed E-state index contributed by atoms with van der Waals surface area (Å²) in [6.45, 7) is 5.49. The molecule has 4 atom stereocenters. The number of hydrogen-bond donors (Lipinski definition) is 1. The average Bonchev–Trinajstić information content (AvgIpc) is 3.23. The topological polar surface area (TPSA) is 41.6 Å². The van der Waals surface area contributed by atoms with Crippen LogP contribution in [-0.2, 0) is 10.3 Å². The minimum absolute atomic E-state index is 0.179. The van der Waals surface area contributed by atoms with Gasteiger partial charge in [0.05, 0.1) is 0 Å². The Kier molecular flexibility index (Phi) is 2.80. The summed E-state index contributed by atoms with van der Waals surface area (Å²) in [6.07, 6.45) is 1.17. The van der Waals surface area contributed by atoms with Gasteiger partial charge in [-0.2, -0.15) is 0 Å². The summed E-state index contributed by atoms with van der Waals surface area (Å²) < 4.78 is 5.80. The number of hydrogen-bond acceptors (Lipinski definition) is 3. The first kappa shape index (κ1) is 13.1. The fraction of sp³-hybridized carbons (Fsp3) is 0.588. The zero-order chi connectivity index (χ0) is 14.6. The number of carbonyl (C=O) groups is 1. The largest absolute Gasteiger partial charge is 0.438 e. The van der Waals surface area contributed by atoms with Crippen molar-refractivity contribution in [1.29, 1.82) is 0 Å². The van der Waals surface area contributed by atoms with Crippen LogP contribution in [0.2, 0.25) is 0 Å². The quantitative estimate of drug-likeness (QED) is 0.907. The lowest BCUT2D eigenvalue weighted by Gasteiger charge is -2.37. The third-order valence-electron chi connectivity index (χ3n) is 5.26. The van der Waals surface area contributed by atoms with Crippen LogP contribution in [0.1, 0.15) is 25.8 Å². The van der Waals surface area contributed by atoms with E-state index in [0.29, 0.717) is 12.1 Å². The molecule has 2 saturated heterocycles. The van der Waals surface area contributed by atoms with E-state index in [4.69, 9.17) is 4.74 Å². The van der Waals surface area contributed by atoms with Crippen molar-refractivity contribution in [2.24, 2.45) is 11.8 Å². The molecule has 0 spiro atoms. The van der Waals surface area contributed by atoms with Gasteiger partial charge in [0, 0.05) is 25.2 Å². The molecule has 3 aliphatic rings. The van der Waals surface area contributed by atoms with Crippen molar-refractivity contribution in [1.82, 2.24) is 10.2 Å². The normalized spacial score (nSPS) is 33.5. The van der Waals surface area contributed by atoms with Gasteiger partial charge in [-0.05, 0) is 37.7 Å². The lowest BCUT2D eigenvalue weighted by Crippen LogP contribution is -2.56. The lowest BCUT2D eigenvalue weighted by atomic mass is 9.98. The van der Waals surface area contributed by atoms with E-state index in [-0.39, 0.29) is 6.09 Å². The molecule has 3 fully saturated rings. The number of piperidine rings is 1. The maximum Gasteiger partial charge on any atom is 0.410 e. The molecule has 2 heterocycles. The number of nitrogens with one attached hydrogen (secondary N) is 1. The van der Waals surface area contributed by atoms with E-state index in [0.717, 1.165) is 30.5 Å². The van der Waals surface area contributed by atoms with E-state index in [1.54, 1.807) is 0 Å². The Morgan fingerprint density at radius 1 is 1.19 bits per heavy atom. The summed E-state index contributed by atoms with van der Waals surface area (Å²) in [6, 6.07) is 10.9. The third kappa shape index (κ3) is 2.22. The van der Waals surface area contributed by atoms with Crippen molar-refractivity contribution in [3.05, 3.63) is 35.9 Å². The average molecular weight is 286 g/mol. The molecule has 4 heteroatoms. The highest BCUT2D eigenvalue weighted by Crippen LogP contribution is 2.51. The summed E-state index contributed by atoms with van der Waals surface area (Å²) in [7, 11) is 0. The zero-order valence-corrected chi connectivity index (χ0v) is 12.6. The van der Waals surface area contributed by atoms with Crippen molar-refractivity contribution in [2.45, 2.75) is 38.0 Å². The van der Waals surface area contributed by atoms with Crippen molar-refractivity contribution in [2.75, 3.05) is 13.1 Å². The van der Waals surface area contributed by atoms with E-state index < -0.39 is 5.60 Å². The summed E-state index contributed by atoms with van der Waals surface area (Å²) in [5.74, 6) is 1.60. The number of fused-ring (bicyclic) bond motifs is 5. The molecule has 1 aliphatic carbocycles. The lowest BCUT2D eigenvalue weighted by molar-refractivity contribution is 0.00403. The van der Waals surface area contributed by atoms with E-state index in [2.05, 4.69) is 5.32 Å². The van der Waals surface area contributed by atoms with Gasteiger partial charge in [0.25, 0.3) is 0 Å². The third-order valence-corrected chi connectivity index (χ3v) is 5.26. The van der Waals surface area contributed by atoms with Gasteiger partial charge in [0.2, 0.25) is 0 Å². The van der Waals surface area contributed by atoms with E-state index in [1.807, 2.05) is 49.1 Å². The molecule has 1 amide bonds. The smallest absolute Gasteiger partial charge is 0.410 e. The van der Waals surface area contributed by atoms with Crippen LogP contribution in [0.3, 0.4) is 0 Å². The monoisotopic (exact) mass is 286 g/mol. The first-order valence-corrected chi connectivity index (χ1v) is 7.84. The van der Waals surface area contributed by atoms with Gasteiger partial charge in [-0.15, -0.1) is 0 Å². The minimum Gasteiger partial charge on any atom is -0.438 e. The Labute approximate surface area is 125 Å². The Bertz CT molecular complexity index is 541. The number of nitrogens with zero attached hydrogens (tertiary/aromatic N) is 1. The Hall–Kier alpha value is -1.55. The molecular formula is C17H22N2O2. The predicted molar refractivity (Wildman–Crippen MR) is 79.8 cm³/mol. The summed E-state index contributed by atoms with van der Waals surface area (Å²) in [5, 5.41) is 3.62. The van der Waals surface area contributed by atoms with Crippen LogP contribution in [-0.4, -0.2) is 36.2 Å². The number of likely N-dealkylation sites (tertiary alicyclic amines) is 1. The fourth-order valence-electron chi connectivity index (χ4n) is 3.94. The van der Waals surface area contributed by atoms with Crippen molar-refractivity contribution in [3.63, 3.8) is 0 Å². The second-order valence-corrected chi connectivity index (χ2v) is 7.09. The number of rotatable bonds is 2. The standard InChI is InChI=1S/C17H22N2O2/c1-17(2,11-6-4-3-5-7-11)21-16(20)19-9-14-12-8-13(12)15(10-19)18-14/h3-7,12-15,18H,8-10H2,1-2H3. The molecule has 112 valence electrons. The number of ether oxygens (including phenoxy) is 1. The Balaban J connectivity index is 1.44. The molecule has 1 aromatic carbocycles. The van der Waals surface area contributed by atoms with Crippen LogP contribution in [0.5, 0.6) is 0 Å². The molecule has 4 unspecified atom stereocenters. The van der Waals surface area contributed by atoms with Crippen LogP contribution in [0.4, 0.5) is 4.79 Å². The summed E-state index contributed by atoms with van der Waals surface area (Å²) in [4.78, 5) is 14.4. The van der Waals surface area contributed by atoms with Gasteiger partial charge < -0.3 is 15.0 Å². The Morgan fingerprint density at radius 2 is 1.81 bits per heavy atom. The Morgan fingerprint density at radius 3 is 2.43 bits per heavy atom. The van der Waals surface area contributed by atoms with Crippen LogP contribution in [0, 0.1) is 11.8 Å². The fourth-order valence-corrected chi connectivity index (χ4v) is 3.94. The second kappa shape index (κ2) is 4.47. The van der Waals surface area contributed by atoms with Crippen molar-refractivity contribution >= 4 is 6.09 Å². The summed E-state index contributed by atoms with van der Waals surface area (Å²) >= 11 is 0. The van der Waals surface area contributed by atoms with Crippen LogP contribution in [0.15, 0.2) is 30.3 Å². The van der Waals surface area contributed by atoms with Gasteiger partial charge in [-0.1, -0.05) is 30.3 Å². The molecule has 1 saturated carbocycles. The highest BCUT2D eigenvalue weighted by molar-refractivity contribution is 5.69. The summed E-state index contributed by atoms with van der Waals surface area (Å²) in [5.41, 5.74) is 0.435. The number of amides is 1. The molecule has 0 radical (unpaired) electrons. The number of carbonyl (C=O) groups excluding carboxylic acids is 1. The first-order valence-electron chi connectivity index (χ1n) is 7.84. The zero-order valence-electron chi connectivity index (χ0n) is 12.6. The maximum absolute atomic E-state index is 12.5. The molecule has 0 aromatic heterocycles. The van der Waals surface area contributed by atoms with Gasteiger partial charge in [0.15, 0.2) is 0 Å². The first-order chi connectivity index (χ1) is 10.0. The molecule has 1 aromatic rings. The molecule has 1 N–H and O–H groups in total. The van der Waals surface area contributed by atoms with Crippen molar-refractivity contribution in [3.8, 4) is 0 Å². The van der Waals surface area contributed by atoms with E-state index in [9.17, 15) is 4.79 Å². The molecule has 4 rings (SSSR count). The van der Waals surface area contributed by atoms with Gasteiger partial charge in [-0.3, -0.25) is 0 Å². The molecular weight excluding hydrogens is 264 g/mol. The second-order valence-electron chi connectivity index (χ2n) is 7.09. The van der Waals surface area contributed by atoms with Crippen LogP contribution < -0.4 is 5.32 Å². The van der Waals surface area contributed by atoms with Crippen molar-refractivity contribution < 1.29 is 9.53 Å². The van der Waals surface area contributed by atoms with E-state index >= 15 is 0 Å². The van der Waals surface area contributed by atoms with E-state index in [1.165, 1.54) is 6.42 Å². The highest BCUT2D eigenvalue weighted by Gasteiger charge is 2.57. The SMILES string of the molecule is CC(C)(OC(=O)N1CC2NC(C1)C1CC21)c1ccccc1.